The molecule has 0 radical (unpaired) electrons. The van der Waals surface area contributed by atoms with E-state index in [4.69, 9.17) is 16.4 Å². The molecular formula is C7H8ClNO. The van der Waals surface area contributed by atoms with Gasteiger partial charge in [0.2, 0.25) is 6.41 Å². The van der Waals surface area contributed by atoms with Crippen LogP contribution < -0.4 is 5.73 Å². The quantitative estimate of drug-likeness (QED) is 0.569. The fourth-order valence-electron chi connectivity index (χ4n) is 0.415. The predicted molar refractivity (Wildman–Crippen MR) is 41.7 cm³/mol. The van der Waals surface area contributed by atoms with Gasteiger partial charge in [-0.25, -0.2) is 0 Å². The number of halogens is 1. The Hall–Kier alpha value is -1.02. The highest BCUT2D eigenvalue weighted by molar-refractivity contribution is 6.30. The minimum absolute atomic E-state index is 0.250. The van der Waals surface area contributed by atoms with Crippen molar-refractivity contribution in [3.63, 3.8) is 0 Å². The first-order valence-corrected chi connectivity index (χ1v) is 3.05. The molecule has 1 rings (SSSR count). The summed E-state index contributed by atoms with van der Waals surface area (Å²) in [5, 5.41) is 0.794. The molecule has 10 heavy (non-hydrogen) atoms. The third kappa shape index (κ3) is 5.12. The van der Waals surface area contributed by atoms with Gasteiger partial charge in [-0.3, -0.25) is 4.79 Å². The van der Waals surface area contributed by atoms with Gasteiger partial charge in [0.15, 0.2) is 0 Å². The van der Waals surface area contributed by atoms with Crippen LogP contribution >= 0.6 is 11.6 Å². The van der Waals surface area contributed by atoms with Gasteiger partial charge in [-0.1, -0.05) is 29.8 Å². The number of hydrogen-bond donors (Lipinski definition) is 1. The van der Waals surface area contributed by atoms with Crippen molar-refractivity contribution in [2.75, 3.05) is 0 Å². The zero-order chi connectivity index (χ0) is 7.82. The third-order valence-electron chi connectivity index (χ3n) is 0.733. The first kappa shape index (κ1) is 8.98. The molecule has 0 atom stereocenters. The molecule has 1 amide bonds. The van der Waals surface area contributed by atoms with Gasteiger partial charge in [0, 0.05) is 5.02 Å². The smallest absolute Gasteiger partial charge is 0.204 e. The van der Waals surface area contributed by atoms with Crippen molar-refractivity contribution < 1.29 is 4.79 Å². The van der Waals surface area contributed by atoms with E-state index in [1.807, 2.05) is 30.3 Å². The summed E-state index contributed by atoms with van der Waals surface area (Å²) in [4.78, 5) is 8.58. The molecular weight excluding hydrogens is 150 g/mol. The highest BCUT2D eigenvalue weighted by Gasteiger charge is 1.74. The maximum absolute atomic E-state index is 8.58. The van der Waals surface area contributed by atoms with E-state index in [1.54, 1.807) is 0 Å². The lowest BCUT2D eigenvalue weighted by Gasteiger charge is -1.80. The average molecular weight is 158 g/mol. The number of primary amides is 1. The van der Waals surface area contributed by atoms with Gasteiger partial charge in [-0.05, 0) is 12.1 Å². The van der Waals surface area contributed by atoms with Crippen LogP contribution in [-0.2, 0) is 4.79 Å². The molecule has 0 fully saturated rings. The summed E-state index contributed by atoms with van der Waals surface area (Å²) in [5.74, 6) is 0. The zero-order valence-corrected chi connectivity index (χ0v) is 6.08. The Morgan fingerprint density at radius 3 is 1.90 bits per heavy atom. The molecule has 54 valence electrons. The van der Waals surface area contributed by atoms with Crippen LogP contribution in [0, 0.1) is 0 Å². The van der Waals surface area contributed by atoms with Gasteiger partial charge in [-0.2, -0.15) is 0 Å². The monoisotopic (exact) mass is 157 g/mol. The summed E-state index contributed by atoms with van der Waals surface area (Å²) in [6, 6.07) is 9.44. The van der Waals surface area contributed by atoms with Crippen molar-refractivity contribution in [1.82, 2.24) is 0 Å². The molecule has 0 aliphatic heterocycles. The zero-order valence-electron chi connectivity index (χ0n) is 5.33. The molecule has 0 unspecified atom stereocenters. The molecule has 0 saturated carbocycles. The van der Waals surface area contributed by atoms with E-state index in [0.717, 1.165) is 5.02 Å². The van der Waals surface area contributed by atoms with Crippen LogP contribution in [0.5, 0.6) is 0 Å². The first-order valence-electron chi connectivity index (χ1n) is 2.67. The van der Waals surface area contributed by atoms with Crippen LogP contribution in [0.2, 0.25) is 5.02 Å². The number of amides is 1. The van der Waals surface area contributed by atoms with E-state index in [-0.39, 0.29) is 6.41 Å². The Balaban J connectivity index is 0.000000236. The number of carbonyl (C=O) groups excluding carboxylic acids is 1. The topological polar surface area (TPSA) is 43.1 Å². The molecule has 0 aliphatic carbocycles. The normalized spacial score (nSPS) is 7.30. The molecule has 2 N–H and O–H groups in total. The largest absolute Gasteiger partial charge is 0.372 e. The van der Waals surface area contributed by atoms with Crippen LogP contribution in [-0.4, -0.2) is 6.41 Å². The van der Waals surface area contributed by atoms with Gasteiger partial charge in [0.1, 0.15) is 0 Å². The van der Waals surface area contributed by atoms with E-state index in [0.29, 0.717) is 0 Å². The Labute approximate surface area is 64.6 Å². The standard InChI is InChI=1S/C6H5Cl.CH3NO/c7-6-4-2-1-3-5-6;2-1-3/h1-5H;1H,(H2,2,3). The van der Waals surface area contributed by atoms with Crippen LogP contribution in [0.15, 0.2) is 30.3 Å². The second kappa shape index (κ2) is 6.11. The Morgan fingerprint density at radius 1 is 1.30 bits per heavy atom. The van der Waals surface area contributed by atoms with Crippen LogP contribution in [0.25, 0.3) is 0 Å². The van der Waals surface area contributed by atoms with Crippen molar-refractivity contribution >= 4 is 18.0 Å². The van der Waals surface area contributed by atoms with E-state index >= 15 is 0 Å². The van der Waals surface area contributed by atoms with E-state index in [2.05, 4.69) is 5.73 Å². The number of nitrogens with two attached hydrogens (primary N) is 1. The number of benzene rings is 1. The summed E-state index contributed by atoms with van der Waals surface area (Å²) in [6.45, 7) is 0. The number of rotatable bonds is 0. The van der Waals surface area contributed by atoms with Gasteiger partial charge in [-0.15, -0.1) is 0 Å². The Kier molecular flexibility index (Phi) is 5.48. The fraction of sp³-hybridized carbons (Fsp3) is 0. The lowest BCUT2D eigenvalue weighted by Crippen LogP contribution is -1.82. The van der Waals surface area contributed by atoms with Crippen molar-refractivity contribution in [2.24, 2.45) is 5.73 Å². The van der Waals surface area contributed by atoms with Gasteiger partial charge in [0.25, 0.3) is 0 Å². The van der Waals surface area contributed by atoms with Crippen LogP contribution in [0.1, 0.15) is 0 Å². The summed E-state index contributed by atoms with van der Waals surface area (Å²) in [5.41, 5.74) is 4.17. The second-order valence-electron chi connectivity index (χ2n) is 1.43. The highest BCUT2D eigenvalue weighted by atomic mass is 35.5. The summed E-state index contributed by atoms with van der Waals surface area (Å²) in [6.07, 6.45) is 0.250. The molecule has 3 heteroatoms. The van der Waals surface area contributed by atoms with Gasteiger partial charge < -0.3 is 5.73 Å². The maximum atomic E-state index is 8.58. The minimum Gasteiger partial charge on any atom is -0.372 e. The third-order valence-corrected chi connectivity index (χ3v) is 0.985. The Morgan fingerprint density at radius 2 is 1.70 bits per heavy atom. The van der Waals surface area contributed by atoms with E-state index < -0.39 is 0 Å². The number of hydrogen-bond acceptors (Lipinski definition) is 1. The molecule has 1 aromatic rings. The lowest BCUT2D eigenvalue weighted by atomic mass is 10.4. The fourth-order valence-corrected chi connectivity index (χ4v) is 0.560. The lowest BCUT2D eigenvalue weighted by molar-refractivity contribution is -0.106. The average Bonchev–Trinajstić information content (AvgIpc) is 1.91. The van der Waals surface area contributed by atoms with Gasteiger partial charge in [0.05, 0.1) is 0 Å². The molecule has 1 aromatic carbocycles. The molecule has 2 nitrogen and oxygen atoms in total. The SMILES string of the molecule is Clc1ccccc1.NC=O. The molecule has 0 bridgehead atoms. The van der Waals surface area contributed by atoms with Crippen molar-refractivity contribution in [1.29, 1.82) is 0 Å². The first-order chi connectivity index (χ1) is 4.81. The maximum Gasteiger partial charge on any atom is 0.204 e. The van der Waals surface area contributed by atoms with Crippen molar-refractivity contribution in [3.05, 3.63) is 35.4 Å². The van der Waals surface area contributed by atoms with E-state index in [9.17, 15) is 0 Å². The van der Waals surface area contributed by atoms with Crippen molar-refractivity contribution in [3.8, 4) is 0 Å². The van der Waals surface area contributed by atoms with Crippen LogP contribution in [0.3, 0.4) is 0 Å². The molecule has 0 spiro atoms. The molecule has 0 aliphatic rings. The van der Waals surface area contributed by atoms with E-state index in [1.165, 1.54) is 0 Å². The molecule has 0 heterocycles. The highest BCUT2D eigenvalue weighted by Crippen LogP contribution is 2.03. The predicted octanol–water partition coefficient (Wildman–Crippen LogP) is 1.44. The Bertz CT molecular complexity index is 176. The van der Waals surface area contributed by atoms with Crippen LogP contribution in [0.4, 0.5) is 0 Å². The summed E-state index contributed by atoms with van der Waals surface area (Å²) >= 11 is 5.54. The number of carbonyl (C=O) groups is 1. The summed E-state index contributed by atoms with van der Waals surface area (Å²) in [7, 11) is 0. The minimum atomic E-state index is 0.250. The summed E-state index contributed by atoms with van der Waals surface area (Å²) < 4.78 is 0. The van der Waals surface area contributed by atoms with Gasteiger partial charge >= 0.3 is 0 Å². The van der Waals surface area contributed by atoms with Crippen molar-refractivity contribution in [2.45, 2.75) is 0 Å². The second-order valence-corrected chi connectivity index (χ2v) is 1.87. The molecule has 0 saturated heterocycles. The molecule has 0 aromatic heterocycles.